The molecule has 0 bridgehead atoms. The molecule has 0 aromatic heterocycles. The first-order chi connectivity index (χ1) is 6.27. The van der Waals surface area contributed by atoms with Crippen molar-refractivity contribution in [1.29, 1.82) is 0 Å². The number of carboxylic acids is 1. The van der Waals surface area contributed by atoms with Crippen molar-refractivity contribution in [3.05, 3.63) is 0 Å². The minimum atomic E-state index is -0.833. The number of nitrogens with two attached hydrogens (primary N) is 2. The number of carbonyl (C=O) groups is 3. The minimum absolute atomic E-state index is 0.152. The molecule has 0 saturated carbocycles. The van der Waals surface area contributed by atoms with Gasteiger partial charge >= 0.3 is 0 Å². The molecule has 6 N–H and O–H groups in total. The standard InChI is InChI=1S/C5H11N3O2.C2H4O2/c1-3(6)5(10)8-2-4(7)9;1-2(3)4/h3H,2,6H2,1H3,(H2,7,9)(H,8,10);1H3,(H,3,4). The van der Waals surface area contributed by atoms with Gasteiger partial charge in [-0.2, -0.15) is 0 Å². The Morgan fingerprint density at radius 1 is 1.43 bits per heavy atom. The summed E-state index contributed by atoms with van der Waals surface area (Å²) >= 11 is 0. The Morgan fingerprint density at radius 2 is 1.79 bits per heavy atom. The highest BCUT2D eigenvalue weighted by Crippen LogP contribution is 1.72. The smallest absolute Gasteiger partial charge is 0.300 e. The predicted molar refractivity (Wildman–Crippen MR) is 49.2 cm³/mol. The molecular formula is C7H15N3O4. The molecule has 0 aromatic rings. The van der Waals surface area contributed by atoms with Gasteiger partial charge < -0.3 is 21.9 Å². The van der Waals surface area contributed by atoms with Gasteiger partial charge in [-0.05, 0) is 6.92 Å². The molecule has 7 nitrogen and oxygen atoms in total. The van der Waals surface area contributed by atoms with Gasteiger partial charge in [-0.25, -0.2) is 0 Å². The van der Waals surface area contributed by atoms with Crippen LogP contribution in [0.5, 0.6) is 0 Å². The number of hydrogen-bond acceptors (Lipinski definition) is 4. The van der Waals surface area contributed by atoms with E-state index in [1.165, 1.54) is 6.92 Å². The molecule has 0 aromatic carbocycles. The first-order valence-corrected chi connectivity index (χ1v) is 3.78. The van der Waals surface area contributed by atoms with Gasteiger partial charge in [0.2, 0.25) is 11.8 Å². The SMILES string of the molecule is CC(=O)O.CC(N)C(=O)NCC(N)=O. The Morgan fingerprint density at radius 3 is 2.00 bits per heavy atom. The summed E-state index contributed by atoms with van der Waals surface area (Å²) in [5.41, 5.74) is 9.90. The van der Waals surface area contributed by atoms with Gasteiger partial charge in [0.15, 0.2) is 0 Å². The molecule has 0 aliphatic heterocycles. The lowest BCUT2D eigenvalue weighted by atomic mass is 10.3. The van der Waals surface area contributed by atoms with E-state index in [-0.39, 0.29) is 12.5 Å². The lowest BCUT2D eigenvalue weighted by Gasteiger charge is -2.03. The highest BCUT2D eigenvalue weighted by atomic mass is 16.4. The average Bonchev–Trinajstić information content (AvgIpc) is 1.98. The van der Waals surface area contributed by atoms with E-state index in [4.69, 9.17) is 21.4 Å². The van der Waals surface area contributed by atoms with Crippen LogP contribution in [-0.2, 0) is 14.4 Å². The fourth-order valence-corrected chi connectivity index (χ4v) is 0.335. The highest BCUT2D eigenvalue weighted by molar-refractivity contribution is 5.86. The number of rotatable bonds is 3. The van der Waals surface area contributed by atoms with Crippen molar-refractivity contribution in [3.63, 3.8) is 0 Å². The first kappa shape index (κ1) is 14.9. The number of amides is 2. The summed E-state index contributed by atoms with van der Waals surface area (Å²) in [7, 11) is 0. The number of primary amides is 1. The molecule has 0 fully saturated rings. The number of hydrogen-bond donors (Lipinski definition) is 4. The maximum Gasteiger partial charge on any atom is 0.300 e. The zero-order valence-corrected chi connectivity index (χ0v) is 8.11. The maximum atomic E-state index is 10.6. The summed E-state index contributed by atoms with van der Waals surface area (Å²) in [6.45, 7) is 2.46. The second-order valence-corrected chi connectivity index (χ2v) is 2.49. The van der Waals surface area contributed by atoms with Crippen LogP contribution in [-0.4, -0.2) is 35.5 Å². The normalized spacial score (nSPS) is 10.5. The van der Waals surface area contributed by atoms with E-state index in [0.717, 1.165) is 6.92 Å². The van der Waals surface area contributed by atoms with E-state index in [0.29, 0.717) is 0 Å². The number of carbonyl (C=O) groups excluding carboxylic acids is 2. The number of carboxylic acid groups (broad SMARTS) is 1. The molecule has 0 spiro atoms. The Hall–Kier alpha value is -1.63. The van der Waals surface area contributed by atoms with Crippen molar-refractivity contribution in [2.75, 3.05) is 6.54 Å². The first-order valence-electron chi connectivity index (χ1n) is 3.78. The number of nitrogens with one attached hydrogen (secondary N) is 1. The fourth-order valence-electron chi connectivity index (χ4n) is 0.335. The monoisotopic (exact) mass is 205 g/mol. The summed E-state index contributed by atoms with van der Waals surface area (Å²) in [6.07, 6.45) is 0. The summed E-state index contributed by atoms with van der Waals surface area (Å²) in [5, 5.41) is 9.66. The van der Waals surface area contributed by atoms with Crippen molar-refractivity contribution in [2.24, 2.45) is 11.5 Å². The zero-order chi connectivity index (χ0) is 11.7. The van der Waals surface area contributed by atoms with Crippen LogP contribution >= 0.6 is 0 Å². The van der Waals surface area contributed by atoms with Crippen LogP contribution in [0.1, 0.15) is 13.8 Å². The van der Waals surface area contributed by atoms with Crippen molar-refractivity contribution < 1.29 is 19.5 Å². The van der Waals surface area contributed by atoms with Crippen LogP contribution in [0.25, 0.3) is 0 Å². The largest absolute Gasteiger partial charge is 0.481 e. The molecule has 0 heterocycles. The Balaban J connectivity index is 0. The molecule has 2 amide bonds. The molecule has 0 aliphatic carbocycles. The van der Waals surface area contributed by atoms with Gasteiger partial charge in [0.1, 0.15) is 0 Å². The highest BCUT2D eigenvalue weighted by Gasteiger charge is 2.06. The van der Waals surface area contributed by atoms with Gasteiger partial charge in [0.25, 0.3) is 5.97 Å². The van der Waals surface area contributed by atoms with Crippen LogP contribution < -0.4 is 16.8 Å². The second-order valence-electron chi connectivity index (χ2n) is 2.49. The molecule has 14 heavy (non-hydrogen) atoms. The molecule has 1 unspecified atom stereocenters. The Labute approximate surface area is 81.4 Å². The van der Waals surface area contributed by atoms with E-state index in [1.807, 2.05) is 0 Å². The van der Waals surface area contributed by atoms with Crippen molar-refractivity contribution in [1.82, 2.24) is 5.32 Å². The summed E-state index contributed by atoms with van der Waals surface area (Å²) in [6, 6.07) is -0.598. The topological polar surface area (TPSA) is 136 Å². The van der Waals surface area contributed by atoms with Crippen molar-refractivity contribution in [2.45, 2.75) is 19.9 Å². The fraction of sp³-hybridized carbons (Fsp3) is 0.571. The van der Waals surface area contributed by atoms with Crippen LogP contribution in [0.2, 0.25) is 0 Å². The molecule has 82 valence electrons. The Bertz CT molecular complexity index is 211. The predicted octanol–water partition coefficient (Wildman–Crippen LogP) is -1.97. The molecule has 0 rings (SSSR count). The molecule has 0 radical (unpaired) electrons. The third kappa shape index (κ3) is 16.8. The van der Waals surface area contributed by atoms with E-state index in [1.54, 1.807) is 0 Å². The van der Waals surface area contributed by atoms with Gasteiger partial charge in [0, 0.05) is 6.92 Å². The van der Waals surface area contributed by atoms with Crippen molar-refractivity contribution >= 4 is 17.8 Å². The van der Waals surface area contributed by atoms with Crippen molar-refractivity contribution in [3.8, 4) is 0 Å². The quantitative estimate of drug-likeness (QED) is 0.423. The van der Waals surface area contributed by atoms with Crippen LogP contribution in [0.3, 0.4) is 0 Å². The molecule has 1 atom stereocenters. The number of aliphatic carboxylic acids is 1. The van der Waals surface area contributed by atoms with Crippen LogP contribution in [0.15, 0.2) is 0 Å². The summed E-state index contributed by atoms with van der Waals surface area (Å²) in [5.74, 6) is -1.78. The van der Waals surface area contributed by atoms with Crippen LogP contribution in [0, 0.1) is 0 Å². The molecule has 0 saturated heterocycles. The summed E-state index contributed by atoms with van der Waals surface area (Å²) in [4.78, 5) is 29.7. The third-order valence-electron chi connectivity index (χ3n) is 0.850. The Kier molecular flexibility index (Phi) is 8.49. The second kappa shape index (κ2) is 7.99. The van der Waals surface area contributed by atoms with E-state index in [2.05, 4.69) is 5.32 Å². The third-order valence-corrected chi connectivity index (χ3v) is 0.850. The van der Waals surface area contributed by atoms with E-state index < -0.39 is 17.9 Å². The van der Waals surface area contributed by atoms with E-state index in [9.17, 15) is 9.59 Å². The molecule has 7 heteroatoms. The van der Waals surface area contributed by atoms with Gasteiger partial charge in [-0.1, -0.05) is 0 Å². The van der Waals surface area contributed by atoms with Crippen LogP contribution in [0.4, 0.5) is 0 Å². The lowest BCUT2D eigenvalue weighted by Crippen LogP contribution is -2.42. The average molecular weight is 205 g/mol. The molecular weight excluding hydrogens is 190 g/mol. The van der Waals surface area contributed by atoms with Gasteiger partial charge in [-0.3, -0.25) is 14.4 Å². The molecule has 0 aliphatic rings. The maximum absolute atomic E-state index is 10.6. The summed E-state index contributed by atoms with van der Waals surface area (Å²) < 4.78 is 0. The lowest BCUT2D eigenvalue weighted by molar-refractivity contribution is -0.134. The zero-order valence-electron chi connectivity index (χ0n) is 8.11. The van der Waals surface area contributed by atoms with E-state index >= 15 is 0 Å². The van der Waals surface area contributed by atoms with Gasteiger partial charge in [-0.15, -0.1) is 0 Å². The van der Waals surface area contributed by atoms with Gasteiger partial charge in [0.05, 0.1) is 12.6 Å². The minimum Gasteiger partial charge on any atom is -0.481 e.